The molecule has 3 N–H and O–H groups in total. The Hall–Kier alpha value is -2.14. The van der Waals surface area contributed by atoms with Crippen molar-refractivity contribution in [3.05, 3.63) is 42.3 Å². The molecule has 0 aliphatic heterocycles. The van der Waals surface area contributed by atoms with Crippen molar-refractivity contribution in [3.8, 4) is 11.5 Å². The van der Waals surface area contributed by atoms with Gasteiger partial charge in [0.1, 0.15) is 6.26 Å². The van der Waals surface area contributed by atoms with Crippen LogP contribution < -0.4 is 11.1 Å². The lowest BCUT2D eigenvalue weighted by Crippen LogP contribution is -2.31. The molecule has 19 heavy (non-hydrogen) atoms. The van der Waals surface area contributed by atoms with Crippen molar-refractivity contribution in [1.82, 2.24) is 10.3 Å². The first kappa shape index (κ1) is 13.3. The van der Waals surface area contributed by atoms with E-state index in [9.17, 15) is 4.79 Å². The standard InChI is InChI=1S/C14H17N3O2/c1-10(7-15)8-16-13(18)12-9-19-14(17-12)11-5-3-2-4-6-11/h2-6,9-10H,7-8,15H2,1H3,(H,16,18). The Labute approximate surface area is 111 Å². The van der Waals surface area contributed by atoms with Crippen LogP contribution in [-0.4, -0.2) is 24.0 Å². The van der Waals surface area contributed by atoms with E-state index < -0.39 is 0 Å². The van der Waals surface area contributed by atoms with E-state index in [0.29, 0.717) is 19.0 Å². The largest absolute Gasteiger partial charge is 0.444 e. The highest BCUT2D eigenvalue weighted by atomic mass is 16.3. The topological polar surface area (TPSA) is 81.1 Å². The fourth-order valence-electron chi connectivity index (χ4n) is 1.53. The maximum atomic E-state index is 11.8. The summed E-state index contributed by atoms with van der Waals surface area (Å²) in [7, 11) is 0. The molecule has 100 valence electrons. The summed E-state index contributed by atoms with van der Waals surface area (Å²) < 4.78 is 5.31. The van der Waals surface area contributed by atoms with Gasteiger partial charge in [0, 0.05) is 12.1 Å². The highest BCUT2D eigenvalue weighted by Crippen LogP contribution is 2.17. The summed E-state index contributed by atoms with van der Waals surface area (Å²) in [6, 6.07) is 9.45. The van der Waals surface area contributed by atoms with E-state index in [1.54, 1.807) is 0 Å². The van der Waals surface area contributed by atoms with Crippen LogP contribution in [0.2, 0.25) is 0 Å². The van der Waals surface area contributed by atoms with Gasteiger partial charge in [0.15, 0.2) is 5.69 Å². The van der Waals surface area contributed by atoms with Crippen LogP contribution in [0.3, 0.4) is 0 Å². The zero-order valence-electron chi connectivity index (χ0n) is 10.8. The maximum Gasteiger partial charge on any atom is 0.273 e. The molecule has 1 amide bonds. The molecule has 1 aromatic carbocycles. The molecule has 2 rings (SSSR count). The molecule has 1 unspecified atom stereocenters. The third kappa shape index (κ3) is 3.42. The molecular formula is C14H17N3O2. The van der Waals surface area contributed by atoms with E-state index in [1.165, 1.54) is 6.26 Å². The van der Waals surface area contributed by atoms with Gasteiger partial charge in [-0.1, -0.05) is 25.1 Å². The van der Waals surface area contributed by atoms with Crippen molar-refractivity contribution >= 4 is 5.91 Å². The first-order valence-corrected chi connectivity index (χ1v) is 6.20. The number of amides is 1. The van der Waals surface area contributed by atoms with E-state index in [0.717, 1.165) is 5.56 Å². The molecule has 0 radical (unpaired) electrons. The molecule has 2 aromatic rings. The predicted molar refractivity (Wildman–Crippen MR) is 72.5 cm³/mol. The lowest BCUT2D eigenvalue weighted by atomic mass is 10.2. The summed E-state index contributed by atoms with van der Waals surface area (Å²) in [4.78, 5) is 16.0. The van der Waals surface area contributed by atoms with Crippen LogP contribution in [-0.2, 0) is 0 Å². The number of benzene rings is 1. The Bertz CT molecular complexity index is 537. The van der Waals surface area contributed by atoms with Crippen LogP contribution in [0.25, 0.3) is 11.5 Å². The van der Waals surface area contributed by atoms with Gasteiger partial charge in [0.25, 0.3) is 5.91 Å². The van der Waals surface area contributed by atoms with Crippen molar-refractivity contribution in [3.63, 3.8) is 0 Å². The molecular weight excluding hydrogens is 242 g/mol. The third-order valence-corrected chi connectivity index (χ3v) is 2.77. The van der Waals surface area contributed by atoms with Gasteiger partial charge < -0.3 is 15.5 Å². The Morgan fingerprint density at radius 2 is 2.16 bits per heavy atom. The van der Waals surface area contributed by atoms with Crippen LogP contribution in [0.15, 0.2) is 41.0 Å². The van der Waals surface area contributed by atoms with Crippen molar-refractivity contribution < 1.29 is 9.21 Å². The Kier molecular flexibility index (Phi) is 4.30. The molecule has 0 aliphatic rings. The summed E-state index contributed by atoms with van der Waals surface area (Å²) in [6.07, 6.45) is 1.37. The number of nitrogens with two attached hydrogens (primary N) is 1. The summed E-state index contributed by atoms with van der Waals surface area (Å²) >= 11 is 0. The van der Waals surface area contributed by atoms with Gasteiger partial charge in [-0.05, 0) is 24.6 Å². The Morgan fingerprint density at radius 1 is 1.42 bits per heavy atom. The fourth-order valence-corrected chi connectivity index (χ4v) is 1.53. The fraction of sp³-hybridized carbons (Fsp3) is 0.286. The number of hydrogen-bond acceptors (Lipinski definition) is 4. The maximum absolute atomic E-state index is 11.8. The normalized spacial score (nSPS) is 12.1. The van der Waals surface area contributed by atoms with Crippen molar-refractivity contribution in [2.75, 3.05) is 13.1 Å². The molecule has 5 heteroatoms. The molecule has 0 saturated heterocycles. The molecule has 1 atom stereocenters. The molecule has 0 spiro atoms. The number of hydrogen-bond donors (Lipinski definition) is 2. The van der Waals surface area contributed by atoms with Gasteiger partial charge in [-0.25, -0.2) is 4.98 Å². The molecule has 0 saturated carbocycles. The van der Waals surface area contributed by atoms with Gasteiger partial charge in [-0.2, -0.15) is 0 Å². The molecule has 0 fully saturated rings. The monoisotopic (exact) mass is 259 g/mol. The number of nitrogens with zero attached hydrogens (tertiary/aromatic N) is 1. The number of carbonyl (C=O) groups excluding carboxylic acids is 1. The van der Waals surface area contributed by atoms with Crippen LogP contribution in [0.4, 0.5) is 0 Å². The summed E-state index contributed by atoms with van der Waals surface area (Å²) in [5, 5.41) is 2.77. The smallest absolute Gasteiger partial charge is 0.273 e. The zero-order chi connectivity index (χ0) is 13.7. The average Bonchev–Trinajstić information content (AvgIpc) is 2.95. The minimum atomic E-state index is -0.244. The lowest BCUT2D eigenvalue weighted by molar-refractivity contribution is 0.0943. The second kappa shape index (κ2) is 6.15. The highest BCUT2D eigenvalue weighted by molar-refractivity contribution is 5.92. The van der Waals surface area contributed by atoms with Crippen molar-refractivity contribution in [2.24, 2.45) is 11.7 Å². The number of carbonyl (C=O) groups is 1. The summed E-state index contributed by atoms with van der Waals surface area (Å²) in [6.45, 7) is 3.04. The molecule has 5 nitrogen and oxygen atoms in total. The van der Waals surface area contributed by atoms with Gasteiger partial charge in [-0.15, -0.1) is 0 Å². The average molecular weight is 259 g/mol. The SMILES string of the molecule is CC(CN)CNC(=O)c1coc(-c2ccccc2)n1. The molecule has 1 heterocycles. The second-order valence-electron chi connectivity index (χ2n) is 4.45. The van der Waals surface area contributed by atoms with E-state index in [2.05, 4.69) is 10.3 Å². The number of oxazole rings is 1. The van der Waals surface area contributed by atoms with Gasteiger partial charge in [-0.3, -0.25) is 4.79 Å². The summed E-state index contributed by atoms with van der Waals surface area (Å²) in [5.74, 6) is 0.438. The first-order valence-electron chi connectivity index (χ1n) is 6.20. The van der Waals surface area contributed by atoms with Gasteiger partial charge >= 0.3 is 0 Å². The third-order valence-electron chi connectivity index (χ3n) is 2.77. The molecule has 0 aliphatic carbocycles. The van der Waals surface area contributed by atoms with Crippen LogP contribution >= 0.6 is 0 Å². The first-order chi connectivity index (χ1) is 9.20. The van der Waals surface area contributed by atoms with E-state index in [1.807, 2.05) is 37.3 Å². The van der Waals surface area contributed by atoms with Crippen molar-refractivity contribution in [2.45, 2.75) is 6.92 Å². The number of nitrogens with one attached hydrogen (secondary N) is 1. The van der Waals surface area contributed by atoms with Crippen LogP contribution in [0.5, 0.6) is 0 Å². The number of rotatable bonds is 5. The van der Waals surface area contributed by atoms with Crippen molar-refractivity contribution in [1.29, 1.82) is 0 Å². The quantitative estimate of drug-likeness (QED) is 0.855. The van der Waals surface area contributed by atoms with E-state index in [4.69, 9.17) is 10.2 Å². The van der Waals surface area contributed by atoms with Gasteiger partial charge in [0.2, 0.25) is 5.89 Å². The highest BCUT2D eigenvalue weighted by Gasteiger charge is 2.13. The predicted octanol–water partition coefficient (Wildman–Crippen LogP) is 1.67. The molecule has 1 aromatic heterocycles. The number of aromatic nitrogens is 1. The molecule has 0 bridgehead atoms. The van der Waals surface area contributed by atoms with Crippen LogP contribution in [0.1, 0.15) is 17.4 Å². The Balaban J connectivity index is 2.03. The lowest BCUT2D eigenvalue weighted by Gasteiger charge is -2.08. The minimum Gasteiger partial charge on any atom is -0.444 e. The summed E-state index contributed by atoms with van der Waals surface area (Å²) in [5.41, 5.74) is 6.62. The Morgan fingerprint density at radius 3 is 2.84 bits per heavy atom. The zero-order valence-corrected chi connectivity index (χ0v) is 10.8. The van der Waals surface area contributed by atoms with Crippen LogP contribution in [0, 0.1) is 5.92 Å². The second-order valence-corrected chi connectivity index (χ2v) is 4.45. The van der Waals surface area contributed by atoms with E-state index >= 15 is 0 Å². The minimum absolute atomic E-state index is 0.240. The van der Waals surface area contributed by atoms with E-state index in [-0.39, 0.29) is 17.5 Å². The van der Waals surface area contributed by atoms with Gasteiger partial charge in [0.05, 0.1) is 0 Å².